The molecule has 0 spiro atoms. The first-order valence-electron chi connectivity index (χ1n) is 7.54. The summed E-state index contributed by atoms with van der Waals surface area (Å²) in [5.41, 5.74) is 4.97. The molecule has 0 fully saturated rings. The van der Waals surface area contributed by atoms with E-state index >= 15 is 0 Å². The fourth-order valence-electron chi connectivity index (χ4n) is 1.93. The number of aromatic nitrogens is 2. The van der Waals surface area contributed by atoms with E-state index in [0.717, 1.165) is 24.5 Å². The summed E-state index contributed by atoms with van der Waals surface area (Å²) in [4.78, 5) is 6.70. The van der Waals surface area contributed by atoms with Crippen molar-refractivity contribution in [2.24, 2.45) is 5.11 Å². The summed E-state index contributed by atoms with van der Waals surface area (Å²) < 4.78 is 82.9. The van der Waals surface area contributed by atoms with E-state index in [1.165, 1.54) is 6.07 Å². The molecule has 1 aromatic heterocycles. The second-order valence-corrected chi connectivity index (χ2v) is 5.49. The van der Waals surface area contributed by atoms with Crippen LogP contribution in [-0.4, -0.2) is 16.6 Å². The van der Waals surface area contributed by atoms with Crippen LogP contribution in [-0.2, 0) is 12.1 Å². The lowest BCUT2D eigenvalue weighted by Crippen LogP contribution is -2.11. The molecule has 150 valence electrons. The Morgan fingerprint density at radius 3 is 2.57 bits per heavy atom. The lowest BCUT2D eigenvalue weighted by molar-refractivity contribution is -0.141. The number of alkyl halides is 5. The van der Waals surface area contributed by atoms with Crippen molar-refractivity contribution >= 4 is 5.69 Å². The third-order valence-corrected chi connectivity index (χ3v) is 3.26. The van der Waals surface area contributed by atoms with Crippen LogP contribution in [0, 0.1) is 11.3 Å². The minimum atomic E-state index is -4.68. The molecule has 0 amide bonds. The van der Waals surface area contributed by atoms with Crippen molar-refractivity contribution in [3.05, 3.63) is 59.4 Å². The van der Waals surface area contributed by atoms with Gasteiger partial charge in [-0.3, -0.25) is 0 Å². The summed E-state index contributed by atoms with van der Waals surface area (Å²) in [6.07, 6.45) is -2.73. The molecule has 0 bridgehead atoms. The van der Waals surface area contributed by atoms with E-state index in [-0.39, 0.29) is 11.4 Å². The summed E-state index contributed by atoms with van der Waals surface area (Å²) in [5, 5.41) is 5.63. The summed E-state index contributed by atoms with van der Waals surface area (Å²) in [6, 6.07) is 2.98. The van der Waals surface area contributed by atoms with Gasteiger partial charge in [0, 0.05) is 25.0 Å². The van der Waals surface area contributed by atoms with Crippen LogP contribution >= 0.6 is 0 Å². The Bertz CT molecular complexity index is 879. The van der Waals surface area contributed by atoms with Gasteiger partial charge in [0.2, 0.25) is 0 Å². The number of rotatable bonds is 7. The molecule has 0 atom stereocenters. The summed E-state index contributed by atoms with van der Waals surface area (Å²) >= 11 is 0. The Morgan fingerprint density at radius 2 is 1.96 bits per heavy atom. The summed E-state index contributed by atoms with van der Waals surface area (Å²) in [5.74, 6) is -4.49. The van der Waals surface area contributed by atoms with Crippen molar-refractivity contribution in [1.29, 1.82) is 5.53 Å². The smallest absolute Gasteiger partial charge is 0.433 e. The number of halogens is 6. The van der Waals surface area contributed by atoms with Crippen LogP contribution in [0.1, 0.15) is 18.2 Å². The molecule has 0 unspecified atom stereocenters. The van der Waals surface area contributed by atoms with Crippen LogP contribution in [0.15, 0.2) is 47.5 Å². The van der Waals surface area contributed by atoms with Gasteiger partial charge in [0.15, 0.2) is 5.69 Å². The first-order chi connectivity index (χ1) is 13.0. The molecular formula is C16H13F6N5O. The highest BCUT2D eigenvalue weighted by molar-refractivity contribution is 5.49. The van der Waals surface area contributed by atoms with Gasteiger partial charge in [-0.2, -0.15) is 23.3 Å². The number of nitrogens with zero attached hydrogens (tertiary/aromatic N) is 3. The Hall–Kier alpha value is -3.18. The number of hydrogen-bond donors (Lipinski definition) is 2. The van der Waals surface area contributed by atoms with Gasteiger partial charge in [-0.1, -0.05) is 0 Å². The van der Waals surface area contributed by atoms with Crippen LogP contribution in [0.3, 0.4) is 0 Å². The van der Waals surface area contributed by atoms with Crippen molar-refractivity contribution in [2.45, 2.75) is 19.0 Å². The maximum atomic E-state index is 13.5. The Labute approximate surface area is 154 Å². The quantitative estimate of drug-likeness (QED) is 0.495. The molecule has 0 aliphatic rings. The number of ether oxygens (including phenoxy) is 1. The summed E-state index contributed by atoms with van der Waals surface area (Å²) in [7, 11) is 0. The zero-order valence-electron chi connectivity index (χ0n) is 14.2. The predicted octanol–water partition coefficient (Wildman–Crippen LogP) is 5.11. The first kappa shape index (κ1) is 21.1. The molecule has 28 heavy (non-hydrogen) atoms. The fraction of sp³-hybridized carbons (Fsp3) is 0.250. The molecule has 1 aromatic carbocycles. The van der Waals surface area contributed by atoms with E-state index in [9.17, 15) is 26.3 Å². The number of benzene rings is 1. The van der Waals surface area contributed by atoms with Crippen molar-refractivity contribution in [2.75, 3.05) is 11.9 Å². The van der Waals surface area contributed by atoms with Crippen molar-refractivity contribution in [1.82, 2.24) is 9.97 Å². The molecule has 0 aliphatic heterocycles. The molecular weight excluding hydrogens is 392 g/mol. The molecule has 6 nitrogen and oxygen atoms in total. The molecule has 0 radical (unpaired) electrons. The van der Waals surface area contributed by atoms with Crippen molar-refractivity contribution in [3.63, 3.8) is 0 Å². The van der Waals surface area contributed by atoms with E-state index in [1.54, 1.807) is 0 Å². The SMILES string of the molecule is CC(F)(F)c1cc(N/C=C(/COc2nccc(C(F)(F)F)n2)N=N)ccc1F. The van der Waals surface area contributed by atoms with Gasteiger partial charge >= 0.3 is 12.2 Å². The monoisotopic (exact) mass is 405 g/mol. The minimum absolute atomic E-state index is 0.0781. The van der Waals surface area contributed by atoms with E-state index in [1.807, 2.05) is 0 Å². The Morgan fingerprint density at radius 1 is 1.25 bits per heavy atom. The largest absolute Gasteiger partial charge is 0.457 e. The third-order valence-electron chi connectivity index (χ3n) is 3.26. The topological polar surface area (TPSA) is 83.2 Å². The van der Waals surface area contributed by atoms with Gasteiger partial charge in [0.1, 0.15) is 18.1 Å². The fourth-order valence-corrected chi connectivity index (χ4v) is 1.93. The van der Waals surface area contributed by atoms with Gasteiger partial charge in [-0.25, -0.2) is 23.7 Å². The standard InChI is InChI=1S/C16H13F6N5O/c1-15(18,19)11-6-9(2-3-12(11)17)25-7-10(27-23)8-28-14-24-5-4-13(26-14)16(20,21)22/h2-7,23,25H,8H2,1H3/b10-7-,27-23?. The average molecular weight is 405 g/mol. The molecule has 0 saturated heterocycles. The molecule has 2 rings (SSSR count). The van der Waals surface area contributed by atoms with Crippen LogP contribution < -0.4 is 10.1 Å². The van der Waals surface area contributed by atoms with E-state index in [2.05, 4.69) is 20.4 Å². The van der Waals surface area contributed by atoms with Gasteiger partial charge in [-0.05, 0) is 24.3 Å². The number of anilines is 1. The van der Waals surface area contributed by atoms with Gasteiger partial charge in [-0.15, -0.1) is 0 Å². The van der Waals surface area contributed by atoms with Crippen molar-refractivity contribution in [3.8, 4) is 6.01 Å². The average Bonchev–Trinajstić information content (AvgIpc) is 2.61. The highest BCUT2D eigenvalue weighted by atomic mass is 19.4. The second kappa shape index (κ2) is 8.23. The van der Waals surface area contributed by atoms with Gasteiger partial charge in [0.25, 0.3) is 5.92 Å². The van der Waals surface area contributed by atoms with Crippen molar-refractivity contribution < 1.29 is 31.1 Å². The number of nitrogens with one attached hydrogen (secondary N) is 2. The van der Waals surface area contributed by atoms with Gasteiger partial charge in [0.05, 0.1) is 5.56 Å². The maximum absolute atomic E-state index is 13.5. The summed E-state index contributed by atoms with van der Waals surface area (Å²) in [6.45, 7) is 0.0638. The Kier molecular flexibility index (Phi) is 6.21. The lowest BCUT2D eigenvalue weighted by Gasteiger charge is -2.13. The normalized spacial score (nSPS) is 12.6. The van der Waals surface area contributed by atoms with E-state index < -0.39 is 41.8 Å². The minimum Gasteiger partial charge on any atom is -0.457 e. The highest BCUT2D eigenvalue weighted by Gasteiger charge is 2.33. The van der Waals surface area contributed by atoms with E-state index in [4.69, 9.17) is 10.3 Å². The van der Waals surface area contributed by atoms with E-state index in [0.29, 0.717) is 13.0 Å². The van der Waals surface area contributed by atoms with Crippen LogP contribution in [0.4, 0.5) is 32.0 Å². The zero-order valence-corrected chi connectivity index (χ0v) is 14.2. The zero-order chi connectivity index (χ0) is 20.9. The molecule has 2 N–H and O–H groups in total. The molecule has 0 saturated carbocycles. The lowest BCUT2D eigenvalue weighted by atomic mass is 10.1. The second-order valence-electron chi connectivity index (χ2n) is 5.49. The van der Waals surface area contributed by atoms with Gasteiger partial charge < -0.3 is 10.1 Å². The molecule has 1 heterocycles. The molecule has 2 aromatic rings. The maximum Gasteiger partial charge on any atom is 0.433 e. The predicted molar refractivity (Wildman–Crippen MR) is 85.4 cm³/mol. The number of hydrogen-bond acceptors (Lipinski definition) is 6. The molecule has 0 aliphatic carbocycles. The Balaban J connectivity index is 2.08. The first-order valence-corrected chi connectivity index (χ1v) is 7.54. The van der Waals surface area contributed by atoms with Crippen LogP contribution in [0.2, 0.25) is 0 Å². The molecule has 12 heteroatoms. The third kappa shape index (κ3) is 5.66. The highest BCUT2D eigenvalue weighted by Crippen LogP contribution is 2.31. The van der Waals surface area contributed by atoms with Crippen LogP contribution in [0.5, 0.6) is 6.01 Å². The van der Waals surface area contributed by atoms with Crippen LogP contribution in [0.25, 0.3) is 0 Å².